The highest BCUT2D eigenvalue weighted by Crippen LogP contribution is 2.45. The Balaban J connectivity index is 2.11. The molecule has 0 saturated heterocycles. The molecule has 0 saturated carbocycles. The summed E-state index contributed by atoms with van der Waals surface area (Å²) in [5.41, 5.74) is 3.42. The molecule has 80 valence electrons. The van der Waals surface area contributed by atoms with E-state index in [9.17, 15) is 5.11 Å². The van der Waals surface area contributed by atoms with Crippen molar-refractivity contribution in [2.75, 3.05) is 0 Å². The minimum Gasteiger partial charge on any atom is -0.389 e. The van der Waals surface area contributed by atoms with Crippen LogP contribution in [0.1, 0.15) is 52.9 Å². The first kappa shape index (κ1) is 10.2. The van der Waals surface area contributed by atoms with Crippen molar-refractivity contribution in [3.05, 3.63) is 11.1 Å². The van der Waals surface area contributed by atoms with Gasteiger partial charge in [0.25, 0.3) is 0 Å². The first-order chi connectivity index (χ1) is 6.48. The Labute approximate surface area is 87.2 Å². The van der Waals surface area contributed by atoms with E-state index in [0.717, 1.165) is 25.2 Å². The predicted molar refractivity (Wildman–Crippen MR) is 59.1 cm³/mol. The van der Waals surface area contributed by atoms with Crippen LogP contribution < -0.4 is 0 Å². The van der Waals surface area contributed by atoms with Crippen molar-refractivity contribution in [2.24, 2.45) is 11.3 Å². The topological polar surface area (TPSA) is 20.2 Å². The molecule has 2 aliphatic rings. The van der Waals surface area contributed by atoms with Gasteiger partial charge in [0.05, 0.1) is 6.10 Å². The average molecular weight is 194 g/mol. The lowest BCUT2D eigenvalue weighted by Gasteiger charge is -2.35. The Morgan fingerprint density at radius 2 is 1.86 bits per heavy atom. The highest BCUT2D eigenvalue weighted by Gasteiger charge is 2.34. The fourth-order valence-electron chi connectivity index (χ4n) is 2.93. The first-order valence-corrected chi connectivity index (χ1v) is 5.87. The summed E-state index contributed by atoms with van der Waals surface area (Å²) < 4.78 is 0. The van der Waals surface area contributed by atoms with Crippen molar-refractivity contribution in [1.82, 2.24) is 0 Å². The van der Waals surface area contributed by atoms with Gasteiger partial charge in [-0.1, -0.05) is 26.3 Å². The SMILES string of the molecule is CC(C)(C)C1CCC2=C(CCC2O)C1. The molecule has 0 bridgehead atoms. The molecule has 0 aromatic rings. The predicted octanol–water partition coefficient (Wildman–Crippen LogP) is 3.28. The summed E-state index contributed by atoms with van der Waals surface area (Å²) in [6, 6.07) is 0. The van der Waals surface area contributed by atoms with Crippen molar-refractivity contribution in [2.45, 2.75) is 59.0 Å². The second-order valence-electron chi connectivity index (χ2n) is 5.99. The van der Waals surface area contributed by atoms with E-state index in [1.807, 2.05) is 0 Å². The molecule has 1 nitrogen and oxygen atoms in total. The van der Waals surface area contributed by atoms with Crippen molar-refractivity contribution < 1.29 is 5.11 Å². The molecule has 0 amide bonds. The number of allylic oxidation sites excluding steroid dienone is 1. The third-order valence-electron chi connectivity index (χ3n) is 4.06. The van der Waals surface area contributed by atoms with Crippen molar-refractivity contribution in [3.63, 3.8) is 0 Å². The lowest BCUT2D eigenvalue weighted by molar-refractivity contribution is 0.189. The molecule has 2 atom stereocenters. The minimum atomic E-state index is -0.0917. The normalized spacial score (nSPS) is 33.4. The number of aliphatic hydroxyl groups excluding tert-OH is 1. The van der Waals surface area contributed by atoms with E-state index in [1.165, 1.54) is 18.4 Å². The zero-order valence-corrected chi connectivity index (χ0v) is 9.64. The summed E-state index contributed by atoms with van der Waals surface area (Å²) in [4.78, 5) is 0. The van der Waals surface area contributed by atoms with E-state index >= 15 is 0 Å². The minimum absolute atomic E-state index is 0.0917. The molecule has 1 N–H and O–H groups in total. The molecule has 2 aliphatic carbocycles. The van der Waals surface area contributed by atoms with Crippen LogP contribution in [0.3, 0.4) is 0 Å². The Hall–Kier alpha value is -0.300. The van der Waals surface area contributed by atoms with Gasteiger partial charge in [0, 0.05) is 0 Å². The van der Waals surface area contributed by atoms with Gasteiger partial charge in [0.15, 0.2) is 0 Å². The Morgan fingerprint density at radius 3 is 2.50 bits per heavy atom. The van der Waals surface area contributed by atoms with Crippen LogP contribution in [-0.2, 0) is 0 Å². The van der Waals surface area contributed by atoms with Gasteiger partial charge in [-0.2, -0.15) is 0 Å². The quantitative estimate of drug-likeness (QED) is 0.587. The summed E-state index contributed by atoms with van der Waals surface area (Å²) in [7, 11) is 0. The van der Waals surface area contributed by atoms with Crippen LogP contribution in [0.5, 0.6) is 0 Å². The van der Waals surface area contributed by atoms with E-state index in [4.69, 9.17) is 0 Å². The summed E-state index contributed by atoms with van der Waals surface area (Å²) in [5, 5.41) is 9.76. The number of rotatable bonds is 0. The number of aliphatic hydroxyl groups is 1. The molecule has 0 aromatic heterocycles. The molecular weight excluding hydrogens is 172 g/mol. The number of hydrogen-bond acceptors (Lipinski definition) is 1. The molecule has 0 aromatic carbocycles. The van der Waals surface area contributed by atoms with Gasteiger partial charge in [-0.05, 0) is 49.0 Å². The van der Waals surface area contributed by atoms with Gasteiger partial charge in [-0.3, -0.25) is 0 Å². The van der Waals surface area contributed by atoms with E-state index in [-0.39, 0.29) is 6.10 Å². The summed E-state index contributed by atoms with van der Waals surface area (Å²) in [6.45, 7) is 7.03. The molecule has 0 spiro atoms. The van der Waals surface area contributed by atoms with E-state index in [1.54, 1.807) is 5.57 Å². The van der Waals surface area contributed by atoms with Gasteiger partial charge in [-0.15, -0.1) is 0 Å². The maximum atomic E-state index is 9.76. The molecule has 0 aliphatic heterocycles. The van der Waals surface area contributed by atoms with E-state index in [0.29, 0.717) is 5.41 Å². The van der Waals surface area contributed by atoms with Crippen molar-refractivity contribution >= 4 is 0 Å². The molecule has 1 heteroatoms. The van der Waals surface area contributed by atoms with Crippen LogP contribution in [-0.4, -0.2) is 11.2 Å². The van der Waals surface area contributed by atoms with Crippen LogP contribution in [0, 0.1) is 11.3 Å². The Bertz CT molecular complexity index is 257. The number of hydrogen-bond donors (Lipinski definition) is 1. The first-order valence-electron chi connectivity index (χ1n) is 5.87. The fraction of sp³-hybridized carbons (Fsp3) is 0.846. The largest absolute Gasteiger partial charge is 0.389 e. The Morgan fingerprint density at radius 1 is 1.14 bits per heavy atom. The second-order valence-corrected chi connectivity index (χ2v) is 5.99. The molecule has 0 heterocycles. The van der Waals surface area contributed by atoms with Gasteiger partial charge >= 0.3 is 0 Å². The smallest absolute Gasteiger partial charge is 0.0755 e. The molecule has 2 rings (SSSR count). The summed E-state index contributed by atoms with van der Waals surface area (Å²) in [5.74, 6) is 0.826. The third-order valence-corrected chi connectivity index (χ3v) is 4.06. The zero-order valence-electron chi connectivity index (χ0n) is 9.64. The maximum Gasteiger partial charge on any atom is 0.0755 e. The van der Waals surface area contributed by atoms with E-state index in [2.05, 4.69) is 20.8 Å². The van der Waals surface area contributed by atoms with Gasteiger partial charge < -0.3 is 5.11 Å². The van der Waals surface area contributed by atoms with E-state index < -0.39 is 0 Å². The van der Waals surface area contributed by atoms with Crippen LogP contribution in [0.2, 0.25) is 0 Å². The summed E-state index contributed by atoms with van der Waals surface area (Å²) in [6.07, 6.45) is 5.73. The molecule has 14 heavy (non-hydrogen) atoms. The van der Waals surface area contributed by atoms with Crippen molar-refractivity contribution in [1.29, 1.82) is 0 Å². The highest BCUT2D eigenvalue weighted by molar-refractivity contribution is 5.27. The van der Waals surface area contributed by atoms with Crippen LogP contribution in [0.15, 0.2) is 11.1 Å². The molecule has 2 unspecified atom stereocenters. The van der Waals surface area contributed by atoms with Crippen LogP contribution >= 0.6 is 0 Å². The lowest BCUT2D eigenvalue weighted by atomic mass is 9.71. The Kier molecular flexibility index (Phi) is 2.46. The fourth-order valence-corrected chi connectivity index (χ4v) is 2.93. The van der Waals surface area contributed by atoms with Crippen LogP contribution in [0.4, 0.5) is 0 Å². The van der Waals surface area contributed by atoms with Crippen LogP contribution in [0.25, 0.3) is 0 Å². The highest BCUT2D eigenvalue weighted by atomic mass is 16.3. The lowest BCUT2D eigenvalue weighted by Crippen LogP contribution is -2.24. The molecule has 0 fully saturated rings. The molecule has 0 radical (unpaired) electrons. The maximum absolute atomic E-state index is 9.76. The average Bonchev–Trinajstić information content (AvgIpc) is 2.46. The second kappa shape index (κ2) is 3.37. The van der Waals surface area contributed by atoms with Gasteiger partial charge in [0.1, 0.15) is 0 Å². The zero-order chi connectivity index (χ0) is 10.3. The monoisotopic (exact) mass is 194 g/mol. The van der Waals surface area contributed by atoms with Crippen molar-refractivity contribution in [3.8, 4) is 0 Å². The standard InChI is InChI=1S/C13H22O/c1-13(2,3)10-5-6-11-9(8-10)4-7-12(11)14/h10,12,14H,4-8H2,1-3H3. The van der Waals surface area contributed by atoms with Gasteiger partial charge in [-0.25, -0.2) is 0 Å². The third kappa shape index (κ3) is 1.75. The molecular formula is C13H22O. The van der Waals surface area contributed by atoms with Gasteiger partial charge in [0.2, 0.25) is 0 Å². The summed E-state index contributed by atoms with van der Waals surface area (Å²) >= 11 is 0.